The van der Waals surface area contributed by atoms with Crippen molar-refractivity contribution in [3.05, 3.63) is 18.0 Å². The Bertz CT molecular complexity index is 269. The maximum absolute atomic E-state index is 10.8. The molecule has 1 aromatic rings. The van der Waals surface area contributed by atoms with E-state index in [0.29, 0.717) is 6.54 Å². The van der Waals surface area contributed by atoms with E-state index in [1.54, 1.807) is 12.3 Å². The zero-order chi connectivity index (χ0) is 8.97. The molecular weight excluding hydrogens is 158 g/mol. The van der Waals surface area contributed by atoms with Crippen LogP contribution < -0.4 is 5.73 Å². The number of nitrogens with zero attached hydrogens (tertiary/aromatic N) is 2. The van der Waals surface area contributed by atoms with Gasteiger partial charge in [-0.15, -0.1) is 0 Å². The van der Waals surface area contributed by atoms with Crippen LogP contribution in [0.3, 0.4) is 0 Å². The molecule has 12 heavy (non-hydrogen) atoms. The summed E-state index contributed by atoms with van der Waals surface area (Å²) in [6.07, 6.45) is 1.69. The van der Waals surface area contributed by atoms with Gasteiger partial charge in [-0.3, -0.25) is 9.48 Å². The van der Waals surface area contributed by atoms with E-state index in [1.807, 2.05) is 0 Å². The molecule has 2 N–H and O–H groups in total. The number of carbonyl (C=O) groups excluding carboxylic acids is 1. The summed E-state index contributed by atoms with van der Waals surface area (Å²) in [7, 11) is 1.34. The highest BCUT2D eigenvalue weighted by molar-refractivity contribution is 5.68. The molecule has 0 atom stereocenters. The van der Waals surface area contributed by atoms with Gasteiger partial charge in [-0.2, -0.15) is 5.10 Å². The molecule has 0 unspecified atom stereocenters. The molecule has 1 heterocycles. The largest absolute Gasteiger partial charge is 0.468 e. The van der Waals surface area contributed by atoms with E-state index < -0.39 is 0 Å². The van der Waals surface area contributed by atoms with Crippen LogP contribution in [0.1, 0.15) is 5.69 Å². The van der Waals surface area contributed by atoms with E-state index in [1.165, 1.54) is 11.8 Å². The Morgan fingerprint density at radius 3 is 3.08 bits per heavy atom. The maximum Gasteiger partial charge on any atom is 0.327 e. The second kappa shape index (κ2) is 3.87. The summed E-state index contributed by atoms with van der Waals surface area (Å²) in [5.41, 5.74) is 6.10. The van der Waals surface area contributed by atoms with Crippen molar-refractivity contribution in [1.82, 2.24) is 9.78 Å². The van der Waals surface area contributed by atoms with Gasteiger partial charge in [-0.25, -0.2) is 0 Å². The van der Waals surface area contributed by atoms with Gasteiger partial charge in [0.1, 0.15) is 6.54 Å². The number of rotatable bonds is 3. The number of ether oxygens (including phenoxy) is 1. The van der Waals surface area contributed by atoms with Crippen LogP contribution in [0.15, 0.2) is 12.3 Å². The van der Waals surface area contributed by atoms with Crippen LogP contribution >= 0.6 is 0 Å². The van der Waals surface area contributed by atoms with E-state index in [4.69, 9.17) is 5.73 Å². The normalized spacial score (nSPS) is 9.83. The molecule has 0 aliphatic heterocycles. The van der Waals surface area contributed by atoms with Crippen molar-refractivity contribution in [2.45, 2.75) is 13.1 Å². The minimum atomic E-state index is -0.318. The second-order valence-corrected chi connectivity index (χ2v) is 2.28. The highest BCUT2D eigenvalue weighted by Crippen LogP contribution is 1.93. The first-order valence-electron chi connectivity index (χ1n) is 3.55. The quantitative estimate of drug-likeness (QED) is 0.620. The van der Waals surface area contributed by atoms with Crippen molar-refractivity contribution >= 4 is 5.97 Å². The van der Waals surface area contributed by atoms with Gasteiger partial charge in [-0.1, -0.05) is 0 Å². The van der Waals surface area contributed by atoms with Crippen molar-refractivity contribution in [2.24, 2.45) is 5.73 Å². The molecule has 1 rings (SSSR count). The van der Waals surface area contributed by atoms with Crippen LogP contribution in [-0.4, -0.2) is 22.9 Å². The summed E-state index contributed by atoms with van der Waals surface area (Å²) >= 11 is 0. The standard InChI is InChI=1S/C7H11N3O2/c1-12-7(11)5-10-3-2-6(4-8)9-10/h2-3H,4-5,8H2,1H3. The molecule has 0 amide bonds. The Morgan fingerprint density at radius 1 is 1.83 bits per heavy atom. The van der Waals surface area contributed by atoms with E-state index in [0.717, 1.165) is 5.69 Å². The van der Waals surface area contributed by atoms with Gasteiger partial charge >= 0.3 is 5.97 Å². The molecule has 0 radical (unpaired) electrons. The second-order valence-electron chi connectivity index (χ2n) is 2.28. The molecular formula is C7H11N3O2. The minimum absolute atomic E-state index is 0.135. The van der Waals surface area contributed by atoms with Gasteiger partial charge in [0.25, 0.3) is 0 Å². The predicted molar refractivity (Wildman–Crippen MR) is 42.1 cm³/mol. The van der Waals surface area contributed by atoms with Gasteiger partial charge in [0, 0.05) is 12.7 Å². The van der Waals surface area contributed by atoms with Crippen LogP contribution in [0.2, 0.25) is 0 Å². The first-order chi connectivity index (χ1) is 5.76. The lowest BCUT2D eigenvalue weighted by Gasteiger charge is -1.98. The number of carbonyl (C=O) groups is 1. The Hall–Kier alpha value is -1.36. The molecule has 1 aromatic heterocycles. The van der Waals surface area contributed by atoms with Gasteiger partial charge in [0.05, 0.1) is 12.8 Å². The molecule has 0 saturated heterocycles. The molecule has 0 aliphatic rings. The Labute approximate surface area is 70.1 Å². The van der Waals surface area contributed by atoms with E-state index >= 15 is 0 Å². The average molecular weight is 169 g/mol. The number of methoxy groups -OCH3 is 1. The molecule has 0 saturated carbocycles. The third kappa shape index (κ3) is 2.06. The molecule has 0 aliphatic carbocycles. The topological polar surface area (TPSA) is 70.1 Å². The molecule has 5 nitrogen and oxygen atoms in total. The Kier molecular flexibility index (Phi) is 2.82. The van der Waals surface area contributed by atoms with Crippen LogP contribution in [0.5, 0.6) is 0 Å². The summed E-state index contributed by atoms with van der Waals surface area (Å²) in [5, 5.41) is 4.01. The Balaban J connectivity index is 2.58. The van der Waals surface area contributed by atoms with Crippen LogP contribution in [0.4, 0.5) is 0 Å². The van der Waals surface area contributed by atoms with Gasteiger partial charge in [0.2, 0.25) is 0 Å². The minimum Gasteiger partial charge on any atom is -0.468 e. The van der Waals surface area contributed by atoms with E-state index in [2.05, 4.69) is 9.84 Å². The van der Waals surface area contributed by atoms with Crippen molar-refractivity contribution in [3.8, 4) is 0 Å². The van der Waals surface area contributed by atoms with Crippen molar-refractivity contribution in [2.75, 3.05) is 7.11 Å². The number of nitrogens with two attached hydrogens (primary N) is 1. The van der Waals surface area contributed by atoms with E-state index in [9.17, 15) is 4.79 Å². The fourth-order valence-corrected chi connectivity index (χ4v) is 0.797. The first kappa shape index (κ1) is 8.73. The van der Waals surface area contributed by atoms with Gasteiger partial charge < -0.3 is 10.5 Å². The smallest absolute Gasteiger partial charge is 0.327 e. The summed E-state index contributed by atoms with van der Waals surface area (Å²) in [6.45, 7) is 0.519. The van der Waals surface area contributed by atoms with Crippen LogP contribution in [-0.2, 0) is 22.6 Å². The Morgan fingerprint density at radius 2 is 2.58 bits per heavy atom. The van der Waals surface area contributed by atoms with Crippen molar-refractivity contribution in [1.29, 1.82) is 0 Å². The lowest BCUT2D eigenvalue weighted by Crippen LogP contribution is -2.12. The lowest BCUT2D eigenvalue weighted by atomic mass is 10.4. The number of hydrogen-bond acceptors (Lipinski definition) is 4. The van der Waals surface area contributed by atoms with Crippen LogP contribution in [0, 0.1) is 0 Å². The molecule has 0 fully saturated rings. The maximum atomic E-state index is 10.8. The molecule has 0 spiro atoms. The molecule has 5 heteroatoms. The van der Waals surface area contributed by atoms with Crippen molar-refractivity contribution in [3.63, 3.8) is 0 Å². The first-order valence-corrected chi connectivity index (χ1v) is 3.55. The molecule has 0 aromatic carbocycles. The van der Waals surface area contributed by atoms with Crippen molar-refractivity contribution < 1.29 is 9.53 Å². The zero-order valence-corrected chi connectivity index (χ0v) is 6.86. The monoisotopic (exact) mass is 169 g/mol. The third-order valence-corrected chi connectivity index (χ3v) is 1.42. The van der Waals surface area contributed by atoms with Crippen LogP contribution in [0.25, 0.3) is 0 Å². The molecule has 66 valence electrons. The number of esters is 1. The number of hydrogen-bond donors (Lipinski definition) is 1. The highest BCUT2D eigenvalue weighted by atomic mass is 16.5. The third-order valence-electron chi connectivity index (χ3n) is 1.42. The summed E-state index contributed by atoms with van der Waals surface area (Å²) in [6, 6.07) is 1.77. The fraction of sp³-hybridized carbons (Fsp3) is 0.429. The van der Waals surface area contributed by atoms with E-state index in [-0.39, 0.29) is 12.5 Å². The molecule has 0 bridgehead atoms. The number of aromatic nitrogens is 2. The van der Waals surface area contributed by atoms with Gasteiger partial charge in [0.15, 0.2) is 0 Å². The highest BCUT2D eigenvalue weighted by Gasteiger charge is 2.02. The fourth-order valence-electron chi connectivity index (χ4n) is 0.797. The predicted octanol–water partition coefficient (Wildman–Crippen LogP) is -0.485. The summed E-state index contributed by atoms with van der Waals surface area (Å²) in [4.78, 5) is 10.8. The average Bonchev–Trinajstić information content (AvgIpc) is 2.52. The SMILES string of the molecule is COC(=O)Cn1ccc(CN)n1. The zero-order valence-electron chi connectivity index (χ0n) is 6.86. The lowest BCUT2D eigenvalue weighted by molar-refractivity contribution is -0.141. The summed E-state index contributed by atoms with van der Waals surface area (Å²) in [5.74, 6) is -0.318. The van der Waals surface area contributed by atoms with Gasteiger partial charge in [-0.05, 0) is 6.07 Å². The summed E-state index contributed by atoms with van der Waals surface area (Å²) < 4.78 is 5.96.